The lowest BCUT2D eigenvalue weighted by Gasteiger charge is -2.26. The predicted molar refractivity (Wildman–Crippen MR) is 127 cm³/mol. The smallest absolute Gasteiger partial charge is 0.270 e. The first-order valence-corrected chi connectivity index (χ1v) is 11.8. The van der Waals surface area contributed by atoms with Crippen LogP contribution in [0.25, 0.3) is 6.08 Å². The van der Waals surface area contributed by atoms with E-state index in [2.05, 4.69) is 11.0 Å². The highest BCUT2D eigenvalue weighted by Crippen LogP contribution is 2.37. The van der Waals surface area contributed by atoms with Gasteiger partial charge in [0.2, 0.25) is 0 Å². The van der Waals surface area contributed by atoms with Crippen molar-refractivity contribution in [2.75, 3.05) is 18.0 Å². The molecule has 1 unspecified atom stereocenters. The van der Waals surface area contributed by atoms with E-state index < -0.39 is 0 Å². The topological polar surface area (TPSA) is 69.3 Å². The Balaban J connectivity index is 2.23. The summed E-state index contributed by atoms with van der Waals surface area (Å²) in [6.45, 7) is 10.1. The molecule has 2 saturated heterocycles. The zero-order chi connectivity index (χ0) is 22.0. The molecule has 3 rings (SSSR count). The van der Waals surface area contributed by atoms with Crippen LogP contribution in [0, 0.1) is 18.3 Å². The molecule has 30 heavy (non-hydrogen) atoms. The molecule has 160 valence electrons. The van der Waals surface area contributed by atoms with Gasteiger partial charge in [0.15, 0.2) is 0 Å². The van der Waals surface area contributed by atoms with E-state index in [-0.39, 0.29) is 23.1 Å². The van der Waals surface area contributed by atoms with Gasteiger partial charge in [0.1, 0.15) is 21.8 Å². The Kier molecular flexibility index (Phi) is 7.04. The number of hydrogen-bond acceptors (Lipinski definition) is 6. The predicted octanol–water partition coefficient (Wildman–Crippen LogP) is 4.04. The Bertz CT molecular complexity index is 1000. The third kappa shape index (κ3) is 3.93. The van der Waals surface area contributed by atoms with Crippen LogP contribution in [-0.4, -0.2) is 38.8 Å². The number of nitriles is 1. The molecule has 1 aromatic rings. The molecule has 2 fully saturated rings. The number of thiocarbonyl (C=S) groups is 1. The van der Waals surface area contributed by atoms with Crippen molar-refractivity contribution in [2.45, 2.75) is 66.0 Å². The molecule has 3 heterocycles. The van der Waals surface area contributed by atoms with Crippen molar-refractivity contribution in [3.8, 4) is 6.07 Å². The lowest BCUT2D eigenvalue weighted by molar-refractivity contribution is -0.123. The highest BCUT2D eigenvalue weighted by atomic mass is 32.2. The molecule has 1 atom stereocenters. The van der Waals surface area contributed by atoms with Crippen molar-refractivity contribution in [1.82, 2.24) is 9.47 Å². The summed E-state index contributed by atoms with van der Waals surface area (Å²) in [7, 11) is 0. The molecule has 0 N–H and O–H groups in total. The molecule has 0 aliphatic carbocycles. The molecule has 1 amide bonds. The normalized spacial score (nSPS) is 19.1. The van der Waals surface area contributed by atoms with Gasteiger partial charge in [0, 0.05) is 31.2 Å². The van der Waals surface area contributed by atoms with Crippen molar-refractivity contribution in [2.24, 2.45) is 0 Å². The summed E-state index contributed by atoms with van der Waals surface area (Å²) in [6, 6.07) is 2.13. The van der Waals surface area contributed by atoms with Crippen LogP contribution in [0.1, 0.15) is 63.1 Å². The van der Waals surface area contributed by atoms with Crippen molar-refractivity contribution >= 4 is 46.1 Å². The zero-order valence-electron chi connectivity index (χ0n) is 18.0. The number of carbonyl (C=O) groups is 1. The molecule has 0 saturated carbocycles. The number of pyridine rings is 1. The fraction of sp³-hybridized carbons (Fsp3) is 0.545. The van der Waals surface area contributed by atoms with Gasteiger partial charge in [-0.15, -0.1) is 0 Å². The number of aromatic nitrogens is 1. The highest BCUT2D eigenvalue weighted by molar-refractivity contribution is 8.26. The molecule has 1 aromatic heterocycles. The fourth-order valence-corrected chi connectivity index (χ4v) is 5.46. The number of amides is 1. The summed E-state index contributed by atoms with van der Waals surface area (Å²) in [5, 5.41) is 9.68. The molecule has 6 nitrogen and oxygen atoms in total. The van der Waals surface area contributed by atoms with Gasteiger partial charge >= 0.3 is 0 Å². The van der Waals surface area contributed by atoms with E-state index in [0.717, 1.165) is 50.2 Å². The van der Waals surface area contributed by atoms with Gasteiger partial charge in [0.05, 0.1) is 4.91 Å². The summed E-state index contributed by atoms with van der Waals surface area (Å²) < 4.78 is 2.28. The van der Waals surface area contributed by atoms with Gasteiger partial charge in [-0.25, -0.2) is 0 Å². The molecule has 8 heteroatoms. The van der Waals surface area contributed by atoms with Crippen LogP contribution >= 0.6 is 24.0 Å². The molecule has 0 aromatic carbocycles. The minimum absolute atomic E-state index is 0.0336. The summed E-state index contributed by atoms with van der Waals surface area (Å²) in [5.41, 5.74) is 1.31. The highest BCUT2D eigenvalue weighted by Gasteiger charge is 2.35. The Morgan fingerprint density at radius 1 is 1.27 bits per heavy atom. The standard InChI is InChI=1S/C22H28N4O2S2/c1-5-9-25-19(24-10-7-8-11-24)16(15(4)17(13-23)20(25)27)12-18-21(28)26(14(3)6-2)22(29)30-18/h12,14H,5-11H2,1-4H3. The number of hydrogen-bond donors (Lipinski definition) is 0. The average molecular weight is 445 g/mol. The Labute approximate surface area is 187 Å². The van der Waals surface area contributed by atoms with Gasteiger partial charge in [0.25, 0.3) is 11.5 Å². The third-order valence-corrected chi connectivity index (χ3v) is 7.16. The van der Waals surface area contributed by atoms with E-state index in [1.54, 1.807) is 16.4 Å². The first-order chi connectivity index (χ1) is 14.3. The molecule has 0 bridgehead atoms. The first kappa shape index (κ1) is 22.6. The fourth-order valence-electron chi connectivity index (χ4n) is 4.02. The van der Waals surface area contributed by atoms with Crippen molar-refractivity contribution in [1.29, 1.82) is 5.26 Å². The number of thioether (sulfide) groups is 1. The Hall–Kier alpha value is -2.11. The molecule has 2 aliphatic heterocycles. The second-order valence-corrected chi connectivity index (χ2v) is 9.48. The number of nitrogens with zero attached hydrogens (tertiary/aromatic N) is 4. The quantitative estimate of drug-likeness (QED) is 0.487. The summed E-state index contributed by atoms with van der Waals surface area (Å²) in [5.74, 6) is 0.725. The first-order valence-electron chi connectivity index (χ1n) is 10.5. The maximum atomic E-state index is 13.1. The third-order valence-electron chi connectivity index (χ3n) is 5.83. The second kappa shape index (κ2) is 9.36. The Morgan fingerprint density at radius 2 is 1.93 bits per heavy atom. The minimum Gasteiger partial charge on any atom is -0.357 e. The van der Waals surface area contributed by atoms with Crippen LogP contribution in [0.2, 0.25) is 0 Å². The number of rotatable bonds is 6. The van der Waals surface area contributed by atoms with Crippen molar-refractivity contribution in [3.63, 3.8) is 0 Å². The van der Waals surface area contributed by atoms with E-state index in [1.165, 1.54) is 11.8 Å². The summed E-state index contributed by atoms with van der Waals surface area (Å²) in [6.07, 6.45) is 5.57. The van der Waals surface area contributed by atoms with E-state index >= 15 is 0 Å². The van der Waals surface area contributed by atoms with Gasteiger partial charge < -0.3 is 4.90 Å². The lowest BCUT2D eigenvalue weighted by atomic mass is 10.0. The van der Waals surface area contributed by atoms with Crippen molar-refractivity contribution in [3.05, 3.63) is 31.9 Å². The second-order valence-electron chi connectivity index (χ2n) is 7.81. The van der Waals surface area contributed by atoms with Gasteiger partial charge in [-0.05, 0) is 51.2 Å². The van der Waals surface area contributed by atoms with Gasteiger partial charge in [-0.3, -0.25) is 19.1 Å². The molecule has 0 radical (unpaired) electrons. The average Bonchev–Trinajstić information content (AvgIpc) is 3.34. The number of carbonyl (C=O) groups excluding carboxylic acids is 1. The van der Waals surface area contributed by atoms with Gasteiger partial charge in [-0.1, -0.05) is 37.8 Å². The Morgan fingerprint density at radius 3 is 2.50 bits per heavy atom. The van der Waals surface area contributed by atoms with Crippen LogP contribution in [0.5, 0.6) is 0 Å². The monoisotopic (exact) mass is 444 g/mol. The number of anilines is 1. The van der Waals surface area contributed by atoms with E-state index in [9.17, 15) is 14.9 Å². The van der Waals surface area contributed by atoms with Crippen LogP contribution in [0.4, 0.5) is 5.82 Å². The maximum absolute atomic E-state index is 13.1. The maximum Gasteiger partial charge on any atom is 0.270 e. The molecule has 2 aliphatic rings. The molecular weight excluding hydrogens is 416 g/mol. The van der Waals surface area contributed by atoms with E-state index in [1.807, 2.05) is 26.8 Å². The van der Waals surface area contributed by atoms with Crippen molar-refractivity contribution < 1.29 is 4.79 Å². The van der Waals surface area contributed by atoms with Gasteiger partial charge in [-0.2, -0.15) is 5.26 Å². The largest absolute Gasteiger partial charge is 0.357 e. The SMILES string of the molecule is CCCn1c(N2CCCC2)c(C=C2SC(=S)N(C(C)CC)C2=O)c(C)c(C#N)c1=O. The molecule has 0 spiro atoms. The summed E-state index contributed by atoms with van der Waals surface area (Å²) >= 11 is 6.77. The van der Waals surface area contributed by atoms with Crippen LogP contribution in [0.15, 0.2) is 9.70 Å². The van der Waals surface area contributed by atoms with Crippen LogP contribution < -0.4 is 10.5 Å². The van der Waals surface area contributed by atoms with E-state index in [0.29, 0.717) is 21.3 Å². The lowest BCUT2D eigenvalue weighted by Crippen LogP contribution is -2.36. The van der Waals surface area contributed by atoms with Crippen LogP contribution in [0.3, 0.4) is 0 Å². The zero-order valence-corrected chi connectivity index (χ0v) is 19.7. The minimum atomic E-state index is -0.247. The van der Waals surface area contributed by atoms with Crippen LogP contribution in [-0.2, 0) is 11.3 Å². The summed E-state index contributed by atoms with van der Waals surface area (Å²) in [4.78, 5) is 30.6. The van der Waals surface area contributed by atoms with E-state index in [4.69, 9.17) is 12.2 Å². The molecular formula is C22H28N4O2S2.